The number of hydrogen-bond donors (Lipinski definition) is 2. The van der Waals surface area contributed by atoms with Crippen LogP contribution in [0.1, 0.15) is 26.2 Å². The van der Waals surface area contributed by atoms with Crippen LogP contribution in [0.25, 0.3) is 10.8 Å². The van der Waals surface area contributed by atoms with Crippen molar-refractivity contribution in [2.75, 3.05) is 5.32 Å². The Hall–Kier alpha value is -1.77. The van der Waals surface area contributed by atoms with Gasteiger partial charge in [0.1, 0.15) is 5.82 Å². The number of hydrogen-bond acceptors (Lipinski definition) is 2. The zero-order valence-electron chi connectivity index (χ0n) is 10.6. The molecule has 2 N–H and O–H groups in total. The predicted molar refractivity (Wildman–Crippen MR) is 75.0 cm³/mol. The van der Waals surface area contributed by atoms with Gasteiger partial charge in [-0.25, -0.2) is 0 Å². The Kier molecular flexibility index (Phi) is 2.82. The first kappa shape index (κ1) is 11.3. The average molecular weight is 242 g/mol. The van der Waals surface area contributed by atoms with Gasteiger partial charge in [0.05, 0.1) is 0 Å². The van der Waals surface area contributed by atoms with Crippen molar-refractivity contribution in [2.45, 2.75) is 32.2 Å². The minimum atomic E-state index is -0.0127. The Balaban J connectivity index is 1.95. The molecular formula is C15H18N2O. The molecule has 2 unspecified atom stereocenters. The maximum Gasteiger partial charge on any atom is 0.257 e. The van der Waals surface area contributed by atoms with E-state index in [1.165, 1.54) is 19.3 Å². The van der Waals surface area contributed by atoms with Crippen LogP contribution in [-0.2, 0) is 0 Å². The number of anilines is 1. The zero-order valence-corrected chi connectivity index (χ0v) is 10.6. The van der Waals surface area contributed by atoms with Gasteiger partial charge in [0.2, 0.25) is 0 Å². The van der Waals surface area contributed by atoms with Crippen LogP contribution in [0, 0.1) is 5.92 Å². The maximum atomic E-state index is 12.0. The number of benzene rings is 1. The molecule has 1 aromatic carbocycles. The second kappa shape index (κ2) is 4.48. The molecule has 2 atom stereocenters. The lowest BCUT2D eigenvalue weighted by molar-refractivity contribution is 0.555. The van der Waals surface area contributed by atoms with Gasteiger partial charge in [0, 0.05) is 11.4 Å². The highest BCUT2D eigenvalue weighted by atomic mass is 16.1. The molecule has 0 amide bonds. The molecule has 3 rings (SSSR count). The first-order chi connectivity index (χ1) is 8.74. The molecule has 0 bridgehead atoms. The fourth-order valence-corrected chi connectivity index (χ4v) is 2.85. The summed E-state index contributed by atoms with van der Waals surface area (Å²) in [5, 5.41) is 5.22. The van der Waals surface area contributed by atoms with Crippen LogP contribution in [0.15, 0.2) is 35.1 Å². The van der Waals surface area contributed by atoms with Crippen LogP contribution >= 0.6 is 0 Å². The molecule has 1 saturated carbocycles. The van der Waals surface area contributed by atoms with Crippen LogP contribution in [0.4, 0.5) is 5.82 Å². The summed E-state index contributed by atoms with van der Waals surface area (Å²) < 4.78 is 0. The molecule has 3 nitrogen and oxygen atoms in total. The van der Waals surface area contributed by atoms with Crippen molar-refractivity contribution in [2.24, 2.45) is 5.92 Å². The van der Waals surface area contributed by atoms with Crippen molar-refractivity contribution >= 4 is 16.6 Å². The lowest BCUT2D eigenvalue weighted by atomic mass is 10.1. The molecular weight excluding hydrogens is 224 g/mol. The molecule has 0 aliphatic heterocycles. The van der Waals surface area contributed by atoms with Crippen LogP contribution in [0.5, 0.6) is 0 Å². The zero-order chi connectivity index (χ0) is 12.5. The molecule has 0 saturated heterocycles. The predicted octanol–water partition coefficient (Wildman–Crippen LogP) is 3.13. The Bertz CT molecular complexity index is 617. The standard InChI is InChI=1S/C15H18N2O/c1-10-5-4-8-13(10)16-14-9-11-6-2-3-7-12(11)15(18)17-14/h2-3,6-7,9-10,13H,4-5,8H2,1H3,(H2,16,17,18). The molecule has 1 aliphatic rings. The van der Waals surface area contributed by atoms with E-state index in [0.29, 0.717) is 12.0 Å². The number of fused-ring (bicyclic) bond motifs is 1. The number of aromatic nitrogens is 1. The molecule has 94 valence electrons. The van der Waals surface area contributed by atoms with Gasteiger partial charge in [-0.15, -0.1) is 0 Å². The Morgan fingerprint density at radius 1 is 1.28 bits per heavy atom. The molecule has 18 heavy (non-hydrogen) atoms. The fraction of sp³-hybridized carbons (Fsp3) is 0.400. The van der Waals surface area contributed by atoms with E-state index in [4.69, 9.17) is 0 Å². The molecule has 1 fully saturated rings. The Labute approximate surface area is 106 Å². The van der Waals surface area contributed by atoms with E-state index in [2.05, 4.69) is 17.2 Å². The van der Waals surface area contributed by atoms with Gasteiger partial charge in [-0.1, -0.05) is 31.5 Å². The molecule has 3 heteroatoms. The van der Waals surface area contributed by atoms with E-state index in [1.54, 1.807) is 0 Å². The minimum Gasteiger partial charge on any atom is -0.369 e. The van der Waals surface area contributed by atoms with E-state index < -0.39 is 0 Å². The van der Waals surface area contributed by atoms with E-state index in [0.717, 1.165) is 16.6 Å². The monoisotopic (exact) mass is 242 g/mol. The lowest BCUT2D eigenvalue weighted by Crippen LogP contribution is -2.24. The van der Waals surface area contributed by atoms with Gasteiger partial charge >= 0.3 is 0 Å². The quantitative estimate of drug-likeness (QED) is 0.849. The number of aromatic amines is 1. The highest BCUT2D eigenvalue weighted by molar-refractivity contribution is 5.83. The van der Waals surface area contributed by atoms with Gasteiger partial charge in [-0.3, -0.25) is 4.79 Å². The van der Waals surface area contributed by atoms with Crippen LogP contribution < -0.4 is 10.9 Å². The number of rotatable bonds is 2. The second-order valence-corrected chi connectivity index (χ2v) is 5.26. The van der Waals surface area contributed by atoms with Crippen LogP contribution in [0.2, 0.25) is 0 Å². The first-order valence-corrected chi connectivity index (χ1v) is 6.62. The molecule has 1 aromatic heterocycles. The van der Waals surface area contributed by atoms with Gasteiger partial charge < -0.3 is 10.3 Å². The van der Waals surface area contributed by atoms with Crippen molar-refractivity contribution in [3.63, 3.8) is 0 Å². The second-order valence-electron chi connectivity index (χ2n) is 5.26. The Morgan fingerprint density at radius 2 is 2.11 bits per heavy atom. The third kappa shape index (κ3) is 2.01. The van der Waals surface area contributed by atoms with Crippen LogP contribution in [0.3, 0.4) is 0 Å². The summed E-state index contributed by atoms with van der Waals surface area (Å²) in [5.41, 5.74) is -0.0127. The summed E-state index contributed by atoms with van der Waals surface area (Å²) in [6, 6.07) is 10.2. The summed E-state index contributed by atoms with van der Waals surface area (Å²) in [4.78, 5) is 14.9. The highest BCUT2D eigenvalue weighted by Gasteiger charge is 2.23. The first-order valence-electron chi connectivity index (χ1n) is 6.62. The van der Waals surface area contributed by atoms with Crippen molar-refractivity contribution < 1.29 is 0 Å². The van der Waals surface area contributed by atoms with E-state index in [1.807, 2.05) is 30.3 Å². The smallest absolute Gasteiger partial charge is 0.257 e. The summed E-state index contributed by atoms with van der Waals surface area (Å²) in [7, 11) is 0. The summed E-state index contributed by atoms with van der Waals surface area (Å²) >= 11 is 0. The van der Waals surface area contributed by atoms with Gasteiger partial charge in [0.15, 0.2) is 0 Å². The topological polar surface area (TPSA) is 44.9 Å². The van der Waals surface area contributed by atoms with Gasteiger partial charge in [-0.05, 0) is 36.3 Å². The number of H-pyrrole nitrogens is 1. The van der Waals surface area contributed by atoms with E-state index in [-0.39, 0.29) is 5.56 Å². The maximum absolute atomic E-state index is 12.0. The van der Waals surface area contributed by atoms with E-state index in [9.17, 15) is 4.79 Å². The third-order valence-corrected chi connectivity index (χ3v) is 3.96. The van der Waals surface area contributed by atoms with Crippen molar-refractivity contribution in [1.82, 2.24) is 4.98 Å². The molecule has 1 heterocycles. The molecule has 2 aromatic rings. The minimum absolute atomic E-state index is 0.0127. The number of nitrogens with one attached hydrogen (secondary N) is 2. The Morgan fingerprint density at radius 3 is 2.89 bits per heavy atom. The molecule has 1 aliphatic carbocycles. The van der Waals surface area contributed by atoms with Gasteiger partial charge in [-0.2, -0.15) is 0 Å². The van der Waals surface area contributed by atoms with Crippen molar-refractivity contribution in [3.8, 4) is 0 Å². The third-order valence-electron chi connectivity index (χ3n) is 3.96. The summed E-state index contributed by atoms with van der Waals surface area (Å²) in [6.07, 6.45) is 3.74. The van der Waals surface area contributed by atoms with Gasteiger partial charge in [0.25, 0.3) is 5.56 Å². The van der Waals surface area contributed by atoms with E-state index >= 15 is 0 Å². The number of pyridine rings is 1. The summed E-state index contributed by atoms with van der Waals surface area (Å²) in [5.74, 6) is 1.53. The average Bonchev–Trinajstić information content (AvgIpc) is 2.75. The SMILES string of the molecule is CC1CCCC1Nc1cc2ccccc2c(=O)[nH]1. The highest BCUT2D eigenvalue weighted by Crippen LogP contribution is 2.27. The normalized spacial score (nSPS) is 23.4. The van der Waals surface area contributed by atoms with Crippen molar-refractivity contribution in [3.05, 3.63) is 40.7 Å². The molecule has 0 radical (unpaired) electrons. The van der Waals surface area contributed by atoms with Crippen LogP contribution in [-0.4, -0.2) is 11.0 Å². The molecule has 0 spiro atoms. The largest absolute Gasteiger partial charge is 0.369 e. The fourth-order valence-electron chi connectivity index (χ4n) is 2.85. The lowest BCUT2D eigenvalue weighted by Gasteiger charge is -2.18. The van der Waals surface area contributed by atoms with Crippen molar-refractivity contribution in [1.29, 1.82) is 0 Å². The summed E-state index contributed by atoms with van der Waals surface area (Å²) in [6.45, 7) is 2.27.